The molecule has 0 spiro atoms. The second-order valence-electron chi connectivity index (χ2n) is 12.2. The van der Waals surface area contributed by atoms with Gasteiger partial charge in [-0.3, -0.25) is 9.69 Å². The summed E-state index contributed by atoms with van der Waals surface area (Å²) in [6, 6.07) is 8.35. The van der Waals surface area contributed by atoms with E-state index in [1.807, 2.05) is 18.7 Å². The van der Waals surface area contributed by atoms with E-state index in [0.29, 0.717) is 69.4 Å². The number of rotatable bonds is 8. The summed E-state index contributed by atoms with van der Waals surface area (Å²) < 4.78 is 64.9. The monoisotopic (exact) mass is 618 g/mol. The third kappa shape index (κ3) is 6.86. The van der Waals surface area contributed by atoms with Crippen molar-refractivity contribution in [2.75, 3.05) is 32.7 Å². The molecule has 9 nitrogen and oxygen atoms in total. The first-order valence-electron chi connectivity index (χ1n) is 14.9. The van der Waals surface area contributed by atoms with Crippen molar-refractivity contribution in [3.8, 4) is 0 Å². The number of sulfonamides is 1. The Morgan fingerprint density at radius 1 is 1.05 bits per heavy atom. The van der Waals surface area contributed by atoms with Crippen LogP contribution in [0, 0.1) is 18.6 Å². The molecular formula is C31H40F2N4O5S. The molecule has 0 unspecified atom stereocenters. The van der Waals surface area contributed by atoms with Crippen LogP contribution in [-0.4, -0.2) is 84.9 Å². The number of benzene rings is 2. The predicted octanol–water partition coefficient (Wildman–Crippen LogP) is 4.37. The van der Waals surface area contributed by atoms with E-state index in [0.717, 1.165) is 6.07 Å². The summed E-state index contributed by atoms with van der Waals surface area (Å²) in [6.45, 7) is 7.40. The molecule has 1 aliphatic carbocycles. The normalized spacial score (nSPS) is 22.8. The summed E-state index contributed by atoms with van der Waals surface area (Å²) in [7, 11) is -4.27. The Morgan fingerprint density at radius 2 is 1.77 bits per heavy atom. The van der Waals surface area contributed by atoms with Crippen LogP contribution < -0.4 is 5.32 Å². The Bertz CT molecular complexity index is 1460. The lowest BCUT2D eigenvalue weighted by molar-refractivity contribution is -0.123. The van der Waals surface area contributed by atoms with E-state index in [4.69, 9.17) is 4.74 Å². The quantitative estimate of drug-likeness (QED) is 0.472. The average molecular weight is 619 g/mol. The molecule has 1 saturated carbocycles. The zero-order chi connectivity index (χ0) is 30.9. The van der Waals surface area contributed by atoms with E-state index in [1.165, 1.54) is 28.6 Å². The zero-order valence-corrected chi connectivity index (χ0v) is 25.7. The molecule has 12 heteroatoms. The molecule has 1 N–H and O–H groups in total. The minimum absolute atomic E-state index is 0.0483. The van der Waals surface area contributed by atoms with Gasteiger partial charge < -0.3 is 15.0 Å². The number of nitrogens with one attached hydrogen (secondary N) is 1. The van der Waals surface area contributed by atoms with Crippen molar-refractivity contribution in [1.29, 1.82) is 0 Å². The van der Waals surface area contributed by atoms with Gasteiger partial charge in [0.15, 0.2) is 0 Å². The van der Waals surface area contributed by atoms with Crippen molar-refractivity contribution in [3.05, 3.63) is 65.2 Å². The molecule has 234 valence electrons. The van der Waals surface area contributed by atoms with Crippen LogP contribution >= 0.6 is 0 Å². The van der Waals surface area contributed by atoms with Gasteiger partial charge in [0.2, 0.25) is 15.9 Å². The van der Waals surface area contributed by atoms with Crippen LogP contribution in [0.25, 0.3) is 0 Å². The lowest BCUT2D eigenvalue weighted by Gasteiger charge is -2.45. The van der Waals surface area contributed by atoms with Gasteiger partial charge >= 0.3 is 6.09 Å². The third-order valence-electron chi connectivity index (χ3n) is 8.61. The fourth-order valence-electron chi connectivity index (χ4n) is 6.21. The van der Waals surface area contributed by atoms with Crippen LogP contribution in [0.1, 0.15) is 63.1 Å². The van der Waals surface area contributed by atoms with Crippen molar-refractivity contribution in [2.24, 2.45) is 0 Å². The second kappa shape index (κ2) is 12.5. The molecule has 2 aliphatic heterocycles. The predicted molar refractivity (Wildman–Crippen MR) is 157 cm³/mol. The van der Waals surface area contributed by atoms with Crippen molar-refractivity contribution < 1.29 is 31.5 Å². The van der Waals surface area contributed by atoms with E-state index in [1.54, 1.807) is 24.0 Å². The first-order chi connectivity index (χ1) is 20.4. The number of piperazine rings is 1. The number of carbonyl (C=O) groups excluding carboxylic acids is 2. The Kier molecular flexibility index (Phi) is 9.10. The van der Waals surface area contributed by atoms with Crippen molar-refractivity contribution in [1.82, 2.24) is 19.4 Å². The summed E-state index contributed by atoms with van der Waals surface area (Å²) in [4.78, 5) is 29.0. The van der Waals surface area contributed by atoms with Gasteiger partial charge in [-0.15, -0.1) is 0 Å². The third-order valence-corrected chi connectivity index (χ3v) is 10.5. The van der Waals surface area contributed by atoms with Gasteiger partial charge in [0.05, 0.1) is 23.5 Å². The number of hydrogen-bond acceptors (Lipinski definition) is 6. The van der Waals surface area contributed by atoms with Crippen molar-refractivity contribution in [3.63, 3.8) is 0 Å². The SMILES string of the molecule is Cc1ccc(S(=O)(=O)N2[C@H](c3cccc(F)c3)CCC[C@@H]2C2(OC(=O)N3CCN(CC(=O)NC(C)C)CC3)CC2)cc1F. The molecular weight excluding hydrogens is 578 g/mol. The average Bonchev–Trinajstić information content (AvgIpc) is 3.74. The van der Waals surface area contributed by atoms with Gasteiger partial charge in [-0.05, 0) is 88.3 Å². The molecule has 0 radical (unpaired) electrons. The largest absolute Gasteiger partial charge is 0.441 e. The van der Waals surface area contributed by atoms with Crippen LogP contribution in [0.4, 0.5) is 13.6 Å². The molecule has 2 aromatic rings. The fourth-order valence-corrected chi connectivity index (χ4v) is 8.14. The second-order valence-corrected chi connectivity index (χ2v) is 14.0. The van der Waals surface area contributed by atoms with Gasteiger partial charge in [0, 0.05) is 32.2 Å². The van der Waals surface area contributed by atoms with Gasteiger partial charge in [-0.2, -0.15) is 4.31 Å². The number of aryl methyl sites for hydroxylation is 1. The van der Waals surface area contributed by atoms with Crippen LogP contribution in [-0.2, 0) is 19.6 Å². The molecule has 2 heterocycles. The van der Waals surface area contributed by atoms with Gasteiger partial charge in [0.1, 0.15) is 17.2 Å². The Hall–Kier alpha value is -3.09. The molecule has 2 amide bonds. The van der Waals surface area contributed by atoms with Crippen LogP contribution in [0.3, 0.4) is 0 Å². The standard InChI is InChI=1S/C31H40F2N4O5S/c1-21(2)34-29(38)20-35-14-16-36(17-15-35)30(39)42-31(12-13-31)28-9-5-8-27(23-6-4-7-24(32)18-23)37(28)43(40,41)25-11-10-22(3)26(33)19-25/h4,6-7,10-11,18-19,21,27-28H,5,8-9,12-17,20H2,1-3H3,(H,34,38)/t27-,28+/m0/s1. The molecule has 0 bridgehead atoms. The van der Waals surface area contributed by atoms with Gasteiger partial charge in [-0.1, -0.05) is 18.2 Å². The lowest BCUT2D eigenvalue weighted by atomic mass is 9.90. The van der Waals surface area contributed by atoms with E-state index in [9.17, 15) is 26.8 Å². The Balaban J connectivity index is 1.37. The number of hydrogen-bond donors (Lipinski definition) is 1. The molecule has 3 aliphatic rings. The highest BCUT2D eigenvalue weighted by molar-refractivity contribution is 7.89. The van der Waals surface area contributed by atoms with E-state index in [2.05, 4.69) is 5.32 Å². The van der Waals surface area contributed by atoms with Gasteiger partial charge in [-0.25, -0.2) is 22.0 Å². The van der Waals surface area contributed by atoms with E-state index in [-0.39, 0.29) is 23.4 Å². The molecule has 2 aromatic carbocycles. The lowest BCUT2D eigenvalue weighted by Crippen LogP contribution is -2.56. The summed E-state index contributed by atoms with van der Waals surface area (Å²) >= 11 is 0. The van der Waals surface area contributed by atoms with Gasteiger partial charge in [0.25, 0.3) is 0 Å². The highest BCUT2D eigenvalue weighted by Crippen LogP contribution is 2.52. The van der Waals surface area contributed by atoms with Crippen LogP contribution in [0.2, 0.25) is 0 Å². The number of nitrogens with zero attached hydrogens (tertiary/aromatic N) is 3. The number of carbonyl (C=O) groups is 2. The number of halogens is 2. The molecule has 2 atom stereocenters. The number of piperidine rings is 1. The maximum Gasteiger partial charge on any atom is 0.410 e. The van der Waals surface area contributed by atoms with Crippen molar-refractivity contribution >= 4 is 22.0 Å². The first-order valence-corrected chi connectivity index (χ1v) is 16.4. The Morgan fingerprint density at radius 3 is 2.40 bits per heavy atom. The highest BCUT2D eigenvalue weighted by atomic mass is 32.2. The minimum atomic E-state index is -4.27. The minimum Gasteiger partial charge on any atom is -0.441 e. The summed E-state index contributed by atoms with van der Waals surface area (Å²) in [6.07, 6.45) is 2.01. The van der Waals surface area contributed by atoms with Crippen LogP contribution in [0.15, 0.2) is 47.4 Å². The highest BCUT2D eigenvalue weighted by Gasteiger charge is 2.60. The first kappa shape index (κ1) is 31.3. The molecule has 43 heavy (non-hydrogen) atoms. The molecule has 5 rings (SSSR count). The maximum absolute atomic E-state index is 14.6. The smallest absolute Gasteiger partial charge is 0.410 e. The number of amides is 2. The summed E-state index contributed by atoms with van der Waals surface area (Å²) in [5.74, 6) is -1.18. The van der Waals surface area contributed by atoms with Crippen LogP contribution in [0.5, 0.6) is 0 Å². The summed E-state index contributed by atoms with van der Waals surface area (Å²) in [5, 5.41) is 2.87. The number of ether oxygens (including phenoxy) is 1. The van der Waals surface area contributed by atoms with E-state index >= 15 is 0 Å². The molecule has 2 saturated heterocycles. The zero-order valence-electron chi connectivity index (χ0n) is 24.9. The molecule has 0 aromatic heterocycles. The maximum atomic E-state index is 14.6. The van der Waals surface area contributed by atoms with Crippen molar-refractivity contribution in [2.45, 2.75) is 81.5 Å². The topological polar surface area (TPSA) is 99.3 Å². The van der Waals surface area contributed by atoms with E-state index < -0.39 is 45.4 Å². The Labute approximate surface area is 252 Å². The molecule has 3 fully saturated rings. The summed E-state index contributed by atoms with van der Waals surface area (Å²) in [5.41, 5.74) is -0.210. The fraction of sp³-hybridized carbons (Fsp3) is 0.548.